The lowest BCUT2D eigenvalue weighted by Gasteiger charge is -2.06. The van der Waals surface area contributed by atoms with Crippen molar-refractivity contribution in [1.82, 2.24) is 0 Å². The van der Waals surface area contributed by atoms with E-state index in [1.165, 1.54) is 0 Å². The monoisotopic (exact) mass is 87.1 g/mol. The molecule has 0 aliphatic rings. The van der Waals surface area contributed by atoms with E-state index < -0.39 is 5.72 Å². The zero-order valence-electron chi connectivity index (χ0n) is 4.10. The van der Waals surface area contributed by atoms with Gasteiger partial charge in [0.2, 0.25) is 0 Å². The normalized spacial score (nSPS) is 11.2. The second kappa shape index (κ2) is 1.39. The van der Waals surface area contributed by atoms with Crippen molar-refractivity contribution in [1.29, 1.82) is 0 Å². The number of aliphatic hydroxyl groups is 1. The van der Waals surface area contributed by atoms with Crippen LogP contribution in [-0.2, 0) is 0 Å². The summed E-state index contributed by atoms with van der Waals surface area (Å²) in [4.78, 5) is 3.33. The molecule has 0 amide bonds. The second-order valence-corrected chi connectivity index (χ2v) is 1.65. The fourth-order valence-electron chi connectivity index (χ4n) is 0. The molecule has 0 saturated heterocycles. The third kappa shape index (κ3) is 3.63. The van der Waals surface area contributed by atoms with E-state index >= 15 is 0 Å². The van der Waals surface area contributed by atoms with Gasteiger partial charge >= 0.3 is 0 Å². The van der Waals surface area contributed by atoms with Crippen molar-refractivity contribution in [2.75, 3.05) is 0 Å². The van der Waals surface area contributed by atoms with Crippen molar-refractivity contribution in [3.05, 3.63) is 0 Å². The van der Waals surface area contributed by atoms with Crippen molar-refractivity contribution in [3.63, 3.8) is 0 Å². The van der Waals surface area contributed by atoms with Crippen molar-refractivity contribution >= 4 is 6.72 Å². The Morgan fingerprint density at radius 2 is 1.83 bits per heavy atom. The van der Waals surface area contributed by atoms with Crippen LogP contribution in [0.2, 0.25) is 0 Å². The van der Waals surface area contributed by atoms with E-state index in [9.17, 15) is 0 Å². The van der Waals surface area contributed by atoms with E-state index in [0.29, 0.717) is 0 Å². The maximum Gasteiger partial charge on any atom is 0.149 e. The second-order valence-electron chi connectivity index (χ2n) is 1.65. The minimum absolute atomic E-state index is 0.944. The first-order valence-corrected chi connectivity index (χ1v) is 1.76. The molecule has 0 aliphatic carbocycles. The molecule has 0 unspecified atom stereocenters. The Kier molecular flexibility index (Phi) is 1.30. The van der Waals surface area contributed by atoms with Crippen LogP contribution in [0.15, 0.2) is 4.99 Å². The van der Waals surface area contributed by atoms with E-state index in [-0.39, 0.29) is 0 Å². The van der Waals surface area contributed by atoms with Crippen LogP contribution in [0.3, 0.4) is 0 Å². The molecule has 0 fully saturated rings. The van der Waals surface area contributed by atoms with E-state index in [0.717, 1.165) is 0 Å². The summed E-state index contributed by atoms with van der Waals surface area (Å²) in [5.74, 6) is 0. The van der Waals surface area contributed by atoms with Crippen LogP contribution >= 0.6 is 0 Å². The highest BCUT2D eigenvalue weighted by atomic mass is 16.3. The summed E-state index contributed by atoms with van der Waals surface area (Å²) in [6.45, 7) is 6.27. The summed E-state index contributed by atoms with van der Waals surface area (Å²) >= 11 is 0. The Morgan fingerprint density at radius 3 is 1.83 bits per heavy atom. The molecule has 0 aromatic heterocycles. The molecule has 0 atom stereocenters. The minimum atomic E-state index is -0.944. The minimum Gasteiger partial charge on any atom is -0.370 e. The maximum absolute atomic E-state index is 8.60. The molecule has 2 nitrogen and oxygen atoms in total. The topological polar surface area (TPSA) is 32.6 Å². The molecule has 0 aromatic rings. The van der Waals surface area contributed by atoms with Gasteiger partial charge in [-0.1, -0.05) is 0 Å². The average molecular weight is 87.1 g/mol. The third-order valence-electron chi connectivity index (χ3n) is 0.387. The molecule has 6 heavy (non-hydrogen) atoms. The predicted molar refractivity (Wildman–Crippen MR) is 25.8 cm³/mol. The van der Waals surface area contributed by atoms with Gasteiger partial charge in [-0.05, 0) is 20.6 Å². The van der Waals surface area contributed by atoms with Crippen LogP contribution in [0.4, 0.5) is 0 Å². The summed E-state index contributed by atoms with van der Waals surface area (Å²) < 4.78 is 0. The Morgan fingerprint density at radius 1 is 1.67 bits per heavy atom. The Balaban J connectivity index is 3.45. The van der Waals surface area contributed by atoms with Gasteiger partial charge in [0.15, 0.2) is 0 Å². The molecule has 0 heterocycles. The van der Waals surface area contributed by atoms with Crippen molar-refractivity contribution in [2.24, 2.45) is 4.99 Å². The zero-order chi connectivity index (χ0) is 5.21. The van der Waals surface area contributed by atoms with Crippen molar-refractivity contribution in [2.45, 2.75) is 19.6 Å². The first-order chi connectivity index (χ1) is 2.56. The lowest BCUT2D eigenvalue weighted by molar-refractivity contribution is 0.0919. The highest BCUT2D eigenvalue weighted by molar-refractivity contribution is 5.24. The molecular formula is C4H9NO. The number of aliphatic imine (C=N–C) groups is 1. The van der Waals surface area contributed by atoms with Gasteiger partial charge in [0.1, 0.15) is 5.72 Å². The molecule has 36 valence electrons. The molecule has 0 saturated carbocycles. The maximum atomic E-state index is 8.60. The lowest BCUT2D eigenvalue weighted by Crippen LogP contribution is -2.12. The highest BCUT2D eigenvalue weighted by Crippen LogP contribution is 1.97. The molecule has 1 N–H and O–H groups in total. The number of hydrogen-bond donors (Lipinski definition) is 1. The third-order valence-corrected chi connectivity index (χ3v) is 0.387. The summed E-state index contributed by atoms with van der Waals surface area (Å²) in [5, 5.41) is 8.60. The predicted octanol–water partition coefficient (Wildman–Crippen LogP) is 0.415. The molecule has 0 rings (SSSR count). The SMILES string of the molecule is C=NC(C)(C)O. The Hall–Kier alpha value is -0.370. The van der Waals surface area contributed by atoms with Crippen molar-refractivity contribution < 1.29 is 5.11 Å². The van der Waals surface area contributed by atoms with Crippen molar-refractivity contribution in [3.8, 4) is 0 Å². The van der Waals surface area contributed by atoms with E-state index in [1.807, 2.05) is 0 Å². The zero-order valence-corrected chi connectivity index (χ0v) is 4.10. The first kappa shape index (κ1) is 5.63. The van der Waals surface area contributed by atoms with Gasteiger partial charge in [0.25, 0.3) is 0 Å². The molecule has 0 aromatic carbocycles. The molecule has 0 spiro atoms. The fraction of sp³-hybridized carbons (Fsp3) is 0.750. The van der Waals surface area contributed by atoms with Gasteiger partial charge in [0, 0.05) is 0 Å². The van der Waals surface area contributed by atoms with Crippen LogP contribution < -0.4 is 0 Å². The van der Waals surface area contributed by atoms with Crippen LogP contribution in [0.1, 0.15) is 13.8 Å². The van der Waals surface area contributed by atoms with E-state index in [2.05, 4.69) is 11.7 Å². The average Bonchev–Trinajstić information content (AvgIpc) is 1.35. The summed E-state index contributed by atoms with van der Waals surface area (Å²) in [6, 6.07) is 0. The van der Waals surface area contributed by atoms with Crippen LogP contribution in [-0.4, -0.2) is 17.5 Å². The van der Waals surface area contributed by atoms with E-state index in [1.54, 1.807) is 13.8 Å². The van der Waals surface area contributed by atoms with Gasteiger partial charge < -0.3 is 5.11 Å². The van der Waals surface area contributed by atoms with Crippen LogP contribution in [0.5, 0.6) is 0 Å². The van der Waals surface area contributed by atoms with E-state index in [4.69, 9.17) is 5.11 Å². The van der Waals surface area contributed by atoms with Gasteiger partial charge in [-0.2, -0.15) is 0 Å². The molecule has 0 bridgehead atoms. The largest absolute Gasteiger partial charge is 0.370 e. The number of rotatable bonds is 1. The number of hydrogen-bond acceptors (Lipinski definition) is 2. The molecular weight excluding hydrogens is 78.0 g/mol. The summed E-state index contributed by atoms with van der Waals surface area (Å²) in [7, 11) is 0. The summed E-state index contributed by atoms with van der Waals surface area (Å²) in [5.41, 5.74) is -0.944. The van der Waals surface area contributed by atoms with Gasteiger partial charge in [0.05, 0.1) is 0 Å². The quantitative estimate of drug-likeness (QED) is 0.462. The smallest absolute Gasteiger partial charge is 0.149 e. The lowest BCUT2D eigenvalue weighted by atomic mass is 10.3. The fourth-order valence-corrected chi connectivity index (χ4v) is 0. The standard InChI is InChI=1S/C4H9NO/c1-4(2,6)5-3/h6H,3H2,1-2H3. The molecule has 2 heteroatoms. The van der Waals surface area contributed by atoms with Gasteiger partial charge in [-0.15, -0.1) is 0 Å². The Labute approximate surface area is 37.5 Å². The first-order valence-electron chi connectivity index (χ1n) is 1.76. The molecule has 0 radical (unpaired) electrons. The van der Waals surface area contributed by atoms with Gasteiger partial charge in [-0.25, -0.2) is 0 Å². The number of nitrogens with zero attached hydrogens (tertiary/aromatic N) is 1. The molecule has 0 aliphatic heterocycles. The van der Waals surface area contributed by atoms with Gasteiger partial charge in [-0.3, -0.25) is 4.99 Å². The van der Waals surface area contributed by atoms with Crippen LogP contribution in [0, 0.1) is 0 Å². The summed E-state index contributed by atoms with van der Waals surface area (Å²) in [6.07, 6.45) is 0. The highest BCUT2D eigenvalue weighted by Gasteiger charge is 2.03. The Bertz CT molecular complexity index is 53.1. The van der Waals surface area contributed by atoms with Crippen LogP contribution in [0.25, 0.3) is 0 Å².